The molecule has 3 heterocycles. The van der Waals surface area contributed by atoms with Gasteiger partial charge >= 0.3 is 0 Å². The van der Waals surface area contributed by atoms with E-state index < -0.39 is 6.10 Å². The number of fused-ring (bicyclic) bond motifs is 1. The number of ether oxygens (including phenoxy) is 1. The van der Waals surface area contributed by atoms with Gasteiger partial charge < -0.3 is 19.6 Å². The van der Waals surface area contributed by atoms with E-state index in [9.17, 15) is 9.90 Å². The third-order valence-electron chi connectivity index (χ3n) is 7.40. The molecule has 7 heteroatoms. The normalized spacial score (nSPS) is 28.5. The highest BCUT2D eigenvalue weighted by atomic mass is 16.5. The molecule has 2 aliphatic heterocycles. The van der Waals surface area contributed by atoms with Gasteiger partial charge in [-0.1, -0.05) is 12.1 Å². The number of benzene rings is 1. The number of rotatable bonds is 6. The Morgan fingerprint density at radius 1 is 1.03 bits per heavy atom. The Morgan fingerprint density at radius 2 is 1.81 bits per heavy atom. The van der Waals surface area contributed by atoms with Gasteiger partial charge in [0.1, 0.15) is 11.9 Å². The standard InChI is InChI=1S/C25H34N4O3/c30-22-15-19-17-27(13-14-29-12-6-9-26-29)18-20(19)16-24(22)32-23-8-3-2-7-21(23)25(31)28-10-4-1-5-11-28/h2-3,6-9,12,19-20,22,24,30H,1,4-5,10-11,13-18H2/t19-,20+,22+,24+/m0/s1. The first-order chi connectivity index (χ1) is 15.7. The molecule has 172 valence electrons. The van der Waals surface area contributed by atoms with Crippen molar-refractivity contribution in [2.45, 2.75) is 50.9 Å². The molecule has 0 spiro atoms. The van der Waals surface area contributed by atoms with E-state index in [2.05, 4.69) is 10.00 Å². The first-order valence-electron chi connectivity index (χ1n) is 12.1. The second-order valence-electron chi connectivity index (χ2n) is 9.59. The summed E-state index contributed by atoms with van der Waals surface area (Å²) in [5.74, 6) is 1.69. The molecule has 1 aromatic carbocycles. The van der Waals surface area contributed by atoms with Crippen molar-refractivity contribution in [2.24, 2.45) is 11.8 Å². The first kappa shape index (κ1) is 21.5. The van der Waals surface area contributed by atoms with E-state index in [0.717, 1.165) is 65.0 Å². The molecule has 3 aliphatic rings. The lowest BCUT2D eigenvalue weighted by Crippen LogP contribution is -2.42. The van der Waals surface area contributed by atoms with Crippen molar-refractivity contribution in [3.05, 3.63) is 48.3 Å². The number of para-hydroxylation sites is 1. The minimum Gasteiger partial charge on any atom is -0.487 e. The van der Waals surface area contributed by atoms with E-state index in [4.69, 9.17) is 4.74 Å². The summed E-state index contributed by atoms with van der Waals surface area (Å²) < 4.78 is 8.31. The average Bonchev–Trinajstić information content (AvgIpc) is 3.48. The van der Waals surface area contributed by atoms with E-state index in [1.165, 1.54) is 6.42 Å². The summed E-state index contributed by atoms with van der Waals surface area (Å²) in [6, 6.07) is 9.49. The van der Waals surface area contributed by atoms with Crippen LogP contribution in [0.5, 0.6) is 5.75 Å². The zero-order valence-corrected chi connectivity index (χ0v) is 18.7. The number of likely N-dealkylation sites (tertiary alicyclic amines) is 2. The van der Waals surface area contributed by atoms with Crippen molar-refractivity contribution in [1.29, 1.82) is 0 Å². The van der Waals surface area contributed by atoms with E-state index in [-0.39, 0.29) is 12.0 Å². The van der Waals surface area contributed by atoms with Crippen LogP contribution in [0.3, 0.4) is 0 Å². The fraction of sp³-hybridized carbons (Fsp3) is 0.600. The number of hydrogen-bond acceptors (Lipinski definition) is 5. The Labute approximate surface area is 190 Å². The van der Waals surface area contributed by atoms with Gasteiger partial charge in [0, 0.05) is 45.1 Å². The van der Waals surface area contributed by atoms with Crippen molar-refractivity contribution >= 4 is 5.91 Å². The third kappa shape index (κ3) is 4.69. The summed E-state index contributed by atoms with van der Waals surface area (Å²) in [5.41, 5.74) is 0.621. The van der Waals surface area contributed by atoms with Gasteiger partial charge in [0.05, 0.1) is 18.2 Å². The zero-order chi connectivity index (χ0) is 21.9. The van der Waals surface area contributed by atoms with E-state index >= 15 is 0 Å². The largest absolute Gasteiger partial charge is 0.487 e. The second-order valence-corrected chi connectivity index (χ2v) is 9.59. The molecular formula is C25H34N4O3. The summed E-state index contributed by atoms with van der Waals surface area (Å²) in [4.78, 5) is 17.5. The molecule has 7 nitrogen and oxygen atoms in total. The molecule has 1 saturated carbocycles. The third-order valence-corrected chi connectivity index (χ3v) is 7.40. The molecule has 1 aromatic heterocycles. The fourth-order valence-electron chi connectivity index (χ4n) is 5.65. The minimum atomic E-state index is -0.500. The molecule has 4 atom stereocenters. The number of amides is 1. The lowest BCUT2D eigenvalue weighted by molar-refractivity contribution is -0.0235. The monoisotopic (exact) mass is 438 g/mol. The van der Waals surface area contributed by atoms with Crippen molar-refractivity contribution in [2.75, 3.05) is 32.7 Å². The van der Waals surface area contributed by atoms with Crippen LogP contribution in [0.2, 0.25) is 0 Å². The summed E-state index contributed by atoms with van der Waals surface area (Å²) >= 11 is 0. The molecule has 5 rings (SSSR count). The number of nitrogens with zero attached hydrogens (tertiary/aromatic N) is 4. The van der Waals surface area contributed by atoms with Gasteiger partial charge in [-0.3, -0.25) is 9.48 Å². The lowest BCUT2D eigenvalue weighted by atomic mass is 9.78. The van der Waals surface area contributed by atoms with Crippen LogP contribution >= 0.6 is 0 Å². The number of carbonyl (C=O) groups excluding carboxylic acids is 1. The molecule has 2 saturated heterocycles. The molecule has 1 N–H and O–H groups in total. The minimum absolute atomic E-state index is 0.0501. The van der Waals surface area contributed by atoms with Gasteiger partial charge in [-0.2, -0.15) is 5.10 Å². The number of carbonyl (C=O) groups is 1. The van der Waals surface area contributed by atoms with Crippen LogP contribution in [0.4, 0.5) is 0 Å². The van der Waals surface area contributed by atoms with Crippen LogP contribution in [-0.4, -0.2) is 75.5 Å². The van der Waals surface area contributed by atoms with Crippen LogP contribution in [0.15, 0.2) is 42.7 Å². The molecule has 1 amide bonds. The Morgan fingerprint density at radius 3 is 2.59 bits per heavy atom. The lowest BCUT2D eigenvalue weighted by Gasteiger charge is -2.36. The van der Waals surface area contributed by atoms with E-state index in [0.29, 0.717) is 23.1 Å². The number of aliphatic hydroxyl groups is 1. The maximum Gasteiger partial charge on any atom is 0.257 e. The smallest absolute Gasteiger partial charge is 0.257 e. The topological polar surface area (TPSA) is 70.8 Å². The highest BCUT2D eigenvalue weighted by molar-refractivity contribution is 5.97. The van der Waals surface area contributed by atoms with Crippen LogP contribution in [0, 0.1) is 11.8 Å². The SMILES string of the molecule is O=C(c1ccccc1O[C@@H]1C[C@@H]2CN(CCn3cccn3)C[C@@H]2C[C@H]1O)N1CCCCC1. The summed E-state index contributed by atoms with van der Waals surface area (Å²) in [5, 5.41) is 15.2. The van der Waals surface area contributed by atoms with Gasteiger partial charge in [-0.05, 0) is 62.1 Å². The molecule has 3 fully saturated rings. The van der Waals surface area contributed by atoms with Gasteiger partial charge in [-0.25, -0.2) is 0 Å². The fourth-order valence-corrected chi connectivity index (χ4v) is 5.65. The predicted molar refractivity (Wildman–Crippen MR) is 122 cm³/mol. The van der Waals surface area contributed by atoms with E-state index in [1.54, 1.807) is 0 Å². The van der Waals surface area contributed by atoms with Crippen molar-refractivity contribution in [3.63, 3.8) is 0 Å². The molecule has 32 heavy (non-hydrogen) atoms. The highest BCUT2D eigenvalue weighted by Gasteiger charge is 2.42. The number of aliphatic hydroxyl groups excluding tert-OH is 1. The van der Waals surface area contributed by atoms with Crippen LogP contribution < -0.4 is 4.74 Å². The van der Waals surface area contributed by atoms with Crippen molar-refractivity contribution in [3.8, 4) is 5.75 Å². The van der Waals surface area contributed by atoms with Gasteiger partial charge in [0.25, 0.3) is 5.91 Å². The highest BCUT2D eigenvalue weighted by Crippen LogP contribution is 2.38. The Balaban J connectivity index is 1.22. The Hall–Kier alpha value is -2.38. The molecule has 2 aromatic rings. The Bertz CT molecular complexity index is 896. The maximum absolute atomic E-state index is 13.1. The van der Waals surface area contributed by atoms with Crippen molar-refractivity contribution < 1.29 is 14.6 Å². The quantitative estimate of drug-likeness (QED) is 0.751. The van der Waals surface area contributed by atoms with Gasteiger partial charge in [0.2, 0.25) is 0 Å². The van der Waals surface area contributed by atoms with Crippen molar-refractivity contribution in [1.82, 2.24) is 19.6 Å². The average molecular weight is 439 g/mol. The molecule has 0 unspecified atom stereocenters. The maximum atomic E-state index is 13.1. The number of hydrogen-bond donors (Lipinski definition) is 1. The number of piperidine rings is 1. The van der Waals surface area contributed by atoms with E-state index in [1.807, 2.05) is 52.3 Å². The summed E-state index contributed by atoms with van der Waals surface area (Å²) in [6.45, 7) is 5.56. The van der Waals surface area contributed by atoms with Gasteiger partial charge in [0.15, 0.2) is 0 Å². The summed E-state index contributed by atoms with van der Waals surface area (Å²) in [7, 11) is 0. The van der Waals surface area contributed by atoms with Crippen LogP contribution in [0.25, 0.3) is 0 Å². The van der Waals surface area contributed by atoms with Crippen LogP contribution in [0.1, 0.15) is 42.5 Å². The number of aromatic nitrogens is 2. The predicted octanol–water partition coefficient (Wildman–Crippen LogP) is 2.66. The molecule has 0 bridgehead atoms. The Kier molecular flexibility index (Phi) is 6.46. The van der Waals surface area contributed by atoms with Gasteiger partial charge in [-0.15, -0.1) is 0 Å². The molecular weight excluding hydrogens is 404 g/mol. The molecule has 0 radical (unpaired) electrons. The first-order valence-corrected chi connectivity index (χ1v) is 12.1. The molecule has 1 aliphatic carbocycles. The van der Waals surface area contributed by atoms with Crippen LogP contribution in [-0.2, 0) is 6.54 Å². The zero-order valence-electron chi connectivity index (χ0n) is 18.7. The summed E-state index contributed by atoms with van der Waals surface area (Å²) in [6.07, 6.45) is 7.96. The second kappa shape index (κ2) is 9.63.